The lowest BCUT2D eigenvalue weighted by Crippen LogP contribution is -2.35. The summed E-state index contributed by atoms with van der Waals surface area (Å²) in [6, 6.07) is 1.26. The summed E-state index contributed by atoms with van der Waals surface area (Å²) >= 11 is 1.19. The third kappa shape index (κ3) is 5.99. The summed E-state index contributed by atoms with van der Waals surface area (Å²) in [5.41, 5.74) is -0.00285. The first-order chi connectivity index (χ1) is 11.6. The summed E-state index contributed by atoms with van der Waals surface area (Å²) in [7, 11) is 1.28. The van der Waals surface area contributed by atoms with Crippen LogP contribution in [0.2, 0.25) is 0 Å². The van der Waals surface area contributed by atoms with Crippen LogP contribution in [-0.4, -0.2) is 52.7 Å². The van der Waals surface area contributed by atoms with Crippen LogP contribution in [0.3, 0.4) is 0 Å². The number of likely N-dealkylation sites (tertiary alicyclic amines) is 1. The van der Waals surface area contributed by atoms with Crippen LogP contribution in [0, 0.1) is 0 Å². The number of nitrogens with one attached hydrogen (secondary N) is 1. The highest BCUT2D eigenvalue weighted by molar-refractivity contribution is 7.99. The Morgan fingerprint density at radius 1 is 1.25 bits per heavy atom. The molecule has 1 amide bonds. The van der Waals surface area contributed by atoms with E-state index in [9.17, 15) is 14.4 Å². The molecule has 0 saturated carbocycles. The number of carbonyl (C=O) groups excluding carboxylic acids is 2. The minimum absolute atomic E-state index is 0.0583. The number of aromatic amines is 1. The average molecular weight is 353 g/mol. The Hall–Kier alpha value is -1.83. The molecule has 1 N–H and O–H groups in total. The van der Waals surface area contributed by atoms with E-state index in [1.165, 1.54) is 44.2 Å². The molecule has 132 valence electrons. The number of hydrogen-bond acceptors (Lipinski definition) is 6. The van der Waals surface area contributed by atoms with Gasteiger partial charge >= 0.3 is 5.97 Å². The van der Waals surface area contributed by atoms with Crippen molar-refractivity contribution in [2.24, 2.45) is 0 Å². The third-order valence-electron chi connectivity index (χ3n) is 3.87. The number of esters is 1. The molecule has 1 fully saturated rings. The summed E-state index contributed by atoms with van der Waals surface area (Å²) in [5.74, 6) is -0.173. The van der Waals surface area contributed by atoms with E-state index < -0.39 is 5.97 Å². The highest BCUT2D eigenvalue weighted by atomic mass is 32.2. The van der Waals surface area contributed by atoms with Crippen molar-refractivity contribution in [2.45, 2.75) is 43.7 Å². The predicted octanol–water partition coefficient (Wildman–Crippen LogP) is 1.37. The molecule has 0 bridgehead atoms. The van der Waals surface area contributed by atoms with Gasteiger partial charge in [-0.15, -0.1) is 0 Å². The highest BCUT2D eigenvalue weighted by Crippen LogP contribution is 2.15. The highest BCUT2D eigenvalue weighted by Gasteiger charge is 2.16. The van der Waals surface area contributed by atoms with Crippen LogP contribution in [0.1, 0.15) is 37.8 Å². The van der Waals surface area contributed by atoms with E-state index in [-0.39, 0.29) is 23.6 Å². The van der Waals surface area contributed by atoms with Crippen LogP contribution in [0.15, 0.2) is 16.0 Å². The second-order valence-corrected chi connectivity index (χ2v) is 6.70. The molecule has 1 aliphatic heterocycles. The summed E-state index contributed by atoms with van der Waals surface area (Å²) in [6.45, 7) is 1.59. The predicted molar refractivity (Wildman–Crippen MR) is 91.0 cm³/mol. The van der Waals surface area contributed by atoms with Gasteiger partial charge in [-0.05, 0) is 12.8 Å². The molecule has 2 rings (SSSR count). The van der Waals surface area contributed by atoms with Gasteiger partial charge in [-0.1, -0.05) is 31.0 Å². The first kappa shape index (κ1) is 18.5. The first-order valence-corrected chi connectivity index (χ1v) is 9.14. The topological polar surface area (TPSA) is 92.4 Å². The van der Waals surface area contributed by atoms with Gasteiger partial charge in [0.25, 0.3) is 5.56 Å². The zero-order valence-corrected chi connectivity index (χ0v) is 14.7. The number of nitrogens with zero attached hydrogens (tertiary/aromatic N) is 2. The summed E-state index contributed by atoms with van der Waals surface area (Å²) in [5, 5.41) is 0.349. The fourth-order valence-electron chi connectivity index (χ4n) is 2.58. The number of thioether (sulfide) groups is 1. The van der Waals surface area contributed by atoms with Crippen molar-refractivity contribution < 1.29 is 14.3 Å². The number of hydrogen-bond donors (Lipinski definition) is 1. The lowest BCUT2D eigenvalue weighted by molar-refractivity contribution is -0.139. The van der Waals surface area contributed by atoms with Crippen molar-refractivity contribution in [3.8, 4) is 0 Å². The Bertz CT molecular complexity index is 624. The zero-order valence-electron chi connectivity index (χ0n) is 13.9. The van der Waals surface area contributed by atoms with Gasteiger partial charge in [0, 0.05) is 19.2 Å². The van der Waals surface area contributed by atoms with Crippen LogP contribution >= 0.6 is 11.8 Å². The molecule has 2 heterocycles. The van der Waals surface area contributed by atoms with Crippen molar-refractivity contribution in [3.63, 3.8) is 0 Å². The third-order valence-corrected chi connectivity index (χ3v) is 4.73. The molecular weight excluding hydrogens is 330 g/mol. The summed E-state index contributed by atoms with van der Waals surface area (Å²) in [4.78, 5) is 44.0. The lowest BCUT2D eigenvalue weighted by Gasteiger charge is -2.24. The largest absolute Gasteiger partial charge is 0.469 e. The molecule has 24 heavy (non-hydrogen) atoms. The Kier molecular flexibility index (Phi) is 7.30. The van der Waals surface area contributed by atoms with Crippen LogP contribution < -0.4 is 5.56 Å². The number of aromatic nitrogens is 2. The van der Waals surface area contributed by atoms with Gasteiger partial charge in [0.05, 0.1) is 25.0 Å². The van der Waals surface area contributed by atoms with Gasteiger partial charge in [0.1, 0.15) is 0 Å². The number of amides is 1. The number of ether oxygens (including phenoxy) is 1. The standard InChI is InChI=1S/C16H23N3O4S/c1-23-15(22)10-12-9-13(20)18-16(17-12)24-11-14(21)19-7-5-3-2-4-6-8-19/h9H,2-8,10-11H2,1H3,(H,17,18,20). The number of carbonyl (C=O) groups is 2. The van der Waals surface area contributed by atoms with Gasteiger partial charge < -0.3 is 14.6 Å². The van der Waals surface area contributed by atoms with Crippen molar-refractivity contribution in [3.05, 3.63) is 22.1 Å². The van der Waals surface area contributed by atoms with Gasteiger partial charge in [-0.3, -0.25) is 14.4 Å². The molecule has 0 atom stereocenters. The second kappa shape index (κ2) is 9.46. The van der Waals surface area contributed by atoms with E-state index in [1.54, 1.807) is 0 Å². The number of methoxy groups -OCH3 is 1. The smallest absolute Gasteiger partial charge is 0.311 e. The molecule has 0 radical (unpaired) electrons. The molecule has 1 aromatic rings. The van der Waals surface area contributed by atoms with Crippen LogP contribution in [0.4, 0.5) is 0 Å². The van der Waals surface area contributed by atoms with Crippen LogP contribution in [0.5, 0.6) is 0 Å². The quantitative estimate of drug-likeness (QED) is 0.488. The summed E-state index contributed by atoms with van der Waals surface area (Å²) in [6.07, 6.45) is 5.60. The molecule has 8 heteroatoms. The van der Waals surface area contributed by atoms with Crippen molar-refractivity contribution in [1.29, 1.82) is 0 Å². The maximum absolute atomic E-state index is 12.3. The SMILES string of the molecule is COC(=O)Cc1cc(=O)[nH]c(SCC(=O)N2CCCCCCC2)n1. The maximum Gasteiger partial charge on any atom is 0.311 e. The van der Waals surface area contributed by atoms with Gasteiger partial charge in [-0.25, -0.2) is 4.98 Å². The van der Waals surface area contributed by atoms with E-state index in [1.807, 2.05) is 4.90 Å². The van der Waals surface area contributed by atoms with E-state index in [0.717, 1.165) is 25.9 Å². The second-order valence-electron chi connectivity index (χ2n) is 5.73. The molecule has 0 aliphatic carbocycles. The van der Waals surface area contributed by atoms with Crippen LogP contribution in [-0.2, 0) is 20.7 Å². The monoisotopic (exact) mass is 353 g/mol. The van der Waals surface area contributed by atoms with Crippen molar-refractivity contribution >= 4 is 23.6 Å². The minimum Gasteiger partial charge on any atom is -0.469 e. The van der Waals surface area contributed by atoms with Crippen molar-refractivity contribution in [1.82, 2.24) is 14.9 Å². The number of H-pyrrole nitrogens is 1. The van der Waals surface area contributed by atoms with Gasteiger partial charge in [-0.2, -0.15) is 0 Å². The average Bonchev–Trinajstić information content (AvgIpc) is 2.51. The molecule has 1 aliphatic rings. The molecule has 1 saturated heterocycles. The van der Waals surface area contributed by atoms with Crippen molar-refractivity contribution in [2.75, 3.05) is 26.0 Å². The van der Waals surface area contributed by atoms with Crippen LogP contribution in [0.25, 0.3) is 0 Å². The van der Waals surface area contributed by atoms with Gasteiger partial charge in [0.15, 0.2) is 5.16 Å². The zero-order chi connectivity index (χ0) is 17.4. The fraction of sp³-hybridized carbons (Fsp3) is 0.625. The normalized spacial score (nSPS) is 15.5. The van der Waals surface area contributed by atoms with E-state index in [4.69, 9.17) is 0 Å². The van der Waals surface area contributed by atoms with E-state index in [2.05, 4.69) is 14.7 Å². The Morgan fingerprint density at radius 3 is 2.58 bits per heavy atom. The Balaban J connectivity index is 1.93. The Labute approximate surface area is 145 Å². The first-order valence-electron chi connectivity index (χ1n) is 8.16. The fourth-order valence-corrected chi connectivity index (χ4v) is 3.38. The van der Waals surface area contributed by atoms with E-state index in [0.29, 0.717) is 10.9 Å². The minimum atomic E-state index is -0.458. The molecule has 7 nitrogen and oxygen atoms in total. The molecule has 1 aromatic heterocycles. The Morgan fingerprint density at radius 2 is 1.92 bits per heavy atom. The lowest BCUT2D eigenvalue weighted by atomic mass is 10.1. The van der Waals surface area contributed by atoms with Gasteiger partial charge in [0.2, 0.25) is 5.91 Å². The molecule has 0 aromatic carbocycles. The molecular formula is C16H23N3O4S. The van der Waals surface area contributed by atoms with E-state index >= 15 is 0 Å². The molecule has 0 spiro atoms. The maximum atomic E-state index is 12.3. The molecule has 0 unspecified atom stereocenters. The summed E-state index contributed by atoms with van der Waals surface area (Å²) < 4.78 is 4.57. The number of rotatable bonds is 5.